The third-order valence-electron chi connectivity index (χ3n) is 4.43. The number of hydrogen-bond donors (Lipinski definition) is 2. The maximum Gasteiger partial charge on any atom is 0.225 e. The Morgan fingerprint density at radius 3 is 2.67 bits per heavy atom. The fourth-order valence-electron chi connectivity index (χ4n) is 3.13. The van der Waals surface area contributed by atoms with Crippen molar-refractivity contribution in [1.29, 1.82) is 0 Å². The van der Waals surface area contributed by atoms with Crippen LogP contribution < -0.4 is 5.32 Å². The predicted octanol–water partition coefficient (Wildman–Crippen LogP) is 3.98. The third-order valence-corrected chi connectivity index (χ3v) is 4.43. The molecule has 0 aliphatic carbocycles. The van der Waals surface area contributed by atoms with Gasteiger partial charge in [-0.25, -0.2) is 0 Å². The number of aromatic hydroxyl groups is 1. The lowest BCUT2D eigenvalue weighted by molar-refractivity contribution is -0.121. The Morgan fingerprint density at radius 2 is 1.89 bits per heavy atom. The summed E-state index contributed by atoms with van der Waals surface area (Å²) in [5.41, 5.74) is 1.94. The molecule has 2 aromatic carbocycles. The summed E-state index contributed by atoms with van der Waals surface area (Å²) in [6.45, 7) is 0. The van der Waals surface area contributed by atoms with Gasteiger partial charge in [0.1, 0.15) is 23.1 Å². The Bertz CT molecular complexity index is 1060. The number of nitrogens with one attached hydrogen (secondary N) is 1. The molecule has 0 saturated carbocycles. The average Bonchev–Trinajstić information content (AvgIpc) is 3.22. The number of pyridine rings is 1. The molecule has 2 heterocycles. The number of carbonyl (C=O) groups is 1. The molecule has 2 aromatic heterocycles. The third kappa shape index (κ3) is 3.53. The smallest absolute Gasteiger partial charge is 0.225 e. The quantitative estimate of drug-likeness (QED) is 0.566. The van der Waals surface area contributed by atoms with Crippen LogP contribution in [0, 0.1) is 0 Å². The first-order valence-electron chi connectivity index (χ1n) is 8.65. The average molecular weight is 358 g/mol. The zero-order valence-electron chi connectivity index (χ0n) is 14.5. The number of fused-ring (bicyclic) bond motifs is 1. The van der Waals surface area contributed by atoms with Crippen LogP contribution in [0.3, 0.4) is 0 Å². The van der Waals surface area contributed by atoms with Crippen molar-refractivity contribution in [3.8, 4) is 5.75 Å². The summed E-state index contributed by atoms with van der Waals surface area (Å²) in [5.74, 6) is 0.416. The van der Waals surface area contributed by atoms with Gasteiger partial charge in [0.25, 0.3) is 0 Å². The highest BCUT2D eigenvalue weighted by molar-refractivity contribution is 5.86. The molecule has 5 heteroatoms. The van der Waals surface area contributed by atoms with E-state index in [-0.39, 0.29) is 18.1 Å². The molecule has 27 heavy (non-hydrogen) atoms. The number of aromatic nitrogens is 1. The SMILES string of the molecule is O=C(Cc1ccccc1)N[C@H](c1ccco1)c1ccc2cccnc2c1O. The zero-order chi connectivity index (χ0) is 18.6. The molecule has 0 bridgehead atoms. The van der Waals surface area contributed by atoms with E-state index in [2.05, 4.69) is 10.3 Å². The highest BCUT2D eigenvalue weighted by atomic mass is 16.3. The maximum atomic E-state index is 12.6. The first-order valence-corrected chi connectivity index (χ1v) is 8.65. The van der Waals surface area contributed by atoms with Crippen LogP contribution in [0.25, 0.3) is 10.9 Å². The standard InChI is InChI=1S/C22H18N2O3/c25-19(14-15-6-2-1-3-7-15)24-21(18-9-5-13-27-18)17-11-10-16-8-4-12-23-20(16)22(17)26/h1-13,21,26H,14H2,(H,24,25)/t21-/m0/s1. The van der Waals surface area contributed by atoms with Crippen LogP contribution in [0.15, 0.2) is 83.6 Å². The number of phenols is 1. The molecule has 1 atom stereocenters. The molecular weight excluding hydrogens is 340 g/mol. The molecule has 4 aromatic rings. The normalized spacial score (nSPS) is 12.0. The van der Waals surface area contributed by atoms with Gasteiger partial charge in [-0.05, 0) is 23.8 Å². The molecular formula is C22H18N2O3. The van der Waals surface area contributed by atoms with Crippen LogP contribution in [0.4, 0.5) is 0 Å². The number of nitrogens with zero attached hydrogens (tertiary/aromatic N) is 1. The van der Waals surface area contributed by atoms with Crippen molar-refractivity contribution < 1.29 is 14.3 Å². The van der Waals surface area contributed by atoms with Crippen molar-refractivity contribution in [2.24, 2.45) is 0 Å². The molecule has 134 valence electrons. The van der Waals surface area contributed by atoms with E-state index in [0.717, 1.165) is 10.9 Å². The molecule has 0 aliphatic heterocycles. The maximum absolute atomic E-state index is 12.6. The highest BCUT2D eigenvalue weighted by Crippen LogP contribution is 2.34. The Labute approximate surface area is 156 Å². The van der Waals surface area contributed by atoms with E-state index in [9.17, 15) is 9.90 Å². The van der Waals surface area contributed by atoms with Crippen LogP contribution in [0.2, 0.25) is 0 Å². The first-order chi connectivity index (χ1) is 13.2. The fraction of sp³-hybridized carbons (Fsp3) is 0.0909. The van der Waals surface area contributed by atoms with Crippen LogP contribution in [-0.2, 0) is 11.2 Å². The van der Waals surface area contributed by atoms with Gasteiger partial charge in [-0.3, -0.25) is 9.78 Å². The van der Waals surface area contributed by atoms with Crippen LogP contribution in [-0.4, -0.2) is 16.0 Å². The topological polar surface area (TPSA) is 75.4 Å². The van der Waals surface area contributed by atoms with E-state index in [4.69, 9.17) is 4.42 Å². The number of furan rings is 1. The Balaban J connectivity index is 1.68. The van der Waals surface area contributed by atoms with Gasteiger partial charge in [-0.2, -0.15) is 0 Å². The van der Waals surface area contributed by atoms with E-state index >= 15 is 0 Å². The molecule has 2 N–H and O–H groups in total. The summed E-state index contributed by atoms with van der Waals surface area (Å²) in [6.07, 6.45) is 3.41. The van der Waals surface area contributed by atoms with Gasteiger partial charge in [0.05, 0.1) is 12.7 Å². The summed E-state index contributed by atoms with van der Waals surface area (Å²) in [7, 11) is 0. The van der Waals surface area contributed by atoms with Crippen LogP contribution in [0.1, 0.15) is 22.9 Å². The van der Waals surface area contributed by atoms with Gasteiger partial charge in [0, 0.05) is 17.1 Å². The number of benzene rings is 2. The van der Waals surface area contributed by atoms with Crippen molar-refractivity contribution in [3.63, 3.8) is 0 Å². The summed E-state index contributed by atoms with van der Waals surface area (Å²) in [4.78, 5) is 16.9. The van der Waals surface area contributed by atoms with Gasteiger partial charge >= 0.3 is 0 Å². The lowest BCUT2D eigenvalue weighted by Crippen LogP contribution is -2.30. The minimum atomic E-state index is -0.609. The van der Waals surface area contributed by atoms with Gasteiger partial charge in [-0.1, -0.05) is 48.5 Å². The molecule has 1 amide bonds. The fourth-order valence-corrected chi connectivity index (χ4v) is 3.13. The van der Waals surface area contributed by atoms with E-state index in [1.54, 1.807) is 30.7 Å². The zero-order valence-corrected chi connectivity index (χ0v) is 14.5. The molecule has 0 spiro atoms. The summed E-state index contributed by atoms with van der Waals surface area (Å²) in [5, 5.41) is 14.6. The van der Waals surface area contributed by atoms with Gasteiger partial charge in [0.2, 0.25) is 5.91 Å². The number of hydrogen-bond acceptors (Lipinski definition) is 4. The number of rotatable bonds is 5. The monoisotopic (exact) mass is 358 g/mol. The van der Waals surface area contributed by atoms with Crippen molar-refractivity contribution >= 4 is 16.8 Å². The molecule has 4 rings (SSSR count). The van der Waals surface area contributed by atoms with Crippen molar-refractivity contribution in [2.75, 3.05) is 0 Å². The number of carbonyl (C=O) groups excluding carboxylic acids is 1. The van der Waals surface area contributed by atoms with E-state index < -0.39 is 6.04 Å². The second-order valence-corrected chi connectivity index (χ2v) is 6.26. The number of phenolic OH excluding ortho intramolecular Hbond substituents is 1. The van der Waals surface area contributed by atoms with E-state index in [1.807, 2.05) is 48.5 Å². The van der Waals surface area contributed by atoms with E-state index in [0.29, 0.717) is 16.8 Å². The van der Waals surface area contributed by atoms with Crippen LogP contribution >= 0.6 is 0 Å². The van der Waals surface area contributed by atoms with Gasteiger partial charge in [0.15, 0.2) is 0 Å². The van der Waals surface area contributed by atoms with E-state index in [1.165, 1.54) is 0 Å². The Morgan fingerprint density at radius 1 is 1.04 bits per heavy atom. The molecule has 5 nitrogen and oxygen atoms in total. The highest BCUT2D eigenvalue weighted by Gasteiger charge is 2.24. The first kappa shape index (κ1) is 16.8. The lowest BCUT2D eigenvalue weighted by atomic mass is 10.00. The number of amides is 1. The molecule has 0 fully saturated rings. The van der Waals surface area contributed by atoms with Gasteiger partial charge in [-0.15, -0.1) is 0 Å². The van der Waals surface area contributed by atoms with Crippen molar-refractivity contribution in [2.45, 2.75) is 12.5 Å². The largest absolute Gasteiger partial charge is 0.505 e. The van der Waals surface area contributed by atoms with Gasteiger partial charge < -0.3 is 14.8 Å². The molecule has 0 aliphatic rings. The minimum Gasteiger partial charge on any atom is -0.505 e. The van der Waals surface area contributed by atoms with Crippen LogP contribution in [0.5, 0.6) is 5.75 Å². The lowest BCUT2D eigenvalue weighted by Gasteiger charge is -2.19. The second kappa shape index (κ2) is 7.33. The summed E-state index contributed by atoms with van der Waals surface area (Å²) < 4.78 is 5.52. The molecule has 0 saturated heterocycles. The molecule has 0 unspecified atom stereocenters. The van der Waals surface area contributed by atoms with Crippen molar-refractivity contribution in [1.82, 2.24) is 10.3 Å². The van der Waals surface area contributed by atoms with Crippen molar-refractivity contribution in [3.05, 3.63) is 96.1 Å². The summed E-state index contributed by atoms with van der Waals surface area (Å²) >= 11 is 0. The molecule has 0 radical (unpaired) electrons. The Kier molecular flexibility index (Phi) is 4.58. The predicted molar refractivity (Wildman–Crippen MR) is 102 cm³/mol. The summed E-state index contributed by atoms with van der Waals surface area (Å²) in [6, 6.07) is 19.8. The minimum absolute atomic E-state index is 0.0366. The second-order valence-electron chi connectivity index (χ2n) is 6.26. The Hall–Kier alpha value is -3.60.